The van der Waals surface area contributed by atoms with Crippen molar-refractivity contribution in [3.63, 3.8) is 0 Å². The van der Waals surface area contributed by atoms with E-state index in [1.54, 1.807) is 30.0 Å². The Bertz CT molecular complexity index is 1270. The van der Waals surface area contributed by atoms with Crippen LogP contribution in [0.1, 0.15) is 38.4 Å². The fourth-order valence-corrected chi connectivity index (χ4v) is 4.24. The third-order valence-electron chi connectivity index (χ3n) is 6.06. The summed E-state index contributed by atoms with van der Waals surface area (Å²) in [6.07, 6.45) is 5.76. The van der Waals surface area contributed by atoms with Crippen molar-refractivity contribution >= 4 is 22.8 Å². The van der Waals surface area contributed by atoms with E-state index >= 15 is 0 Å². The molecule has 0 aromatic carbocycles. The van der Waals surface area contributed by atoms with Crippen molar-refractivity contribution in [1.82, 2.24) is 34.1 Å². The molecule has 0 spiro atoms. The highest BCUT2D eigenvalue weighted by atomic mass is 19.3. The monoisotopic (exact) mass is 442 g/mol. The molecule has 0 radical (unpaired) electrons. The van der Waals surface area contributed by atoms with Crippen LogP contribution in [0.3, 0.4) is 0 Å². The average Bonchev–Trinajstić information content (AvgIpc) is 3.29. The van der Waals surface area contributed by atoms with Crippen LogP contribution in [0.25, 0.3) is 28.1 Å². The molecule has 0 atom stereocenters. The minimum Gasteiger partial charge on any atom is -0.390 e. The summed E-state index contributed by atoms with van der Waals surface area (Å²) in [5.41, 5.74) is 2.09. The van der Waals surface area contributed by atoms with E-state index in [9.17, 15) is 13.9 Å². The van der Waals surface area contributed by atoms with Crippen molar-refractivity contribution in [3.8, 4) is 11.3 Å². The first-order valence-electron chi connectivity index (χ1n) is 10.6. The molecule has 0 unspecified atom stereocenters. The predicted octanol–water partition coefficient (Wildman–Crippen LogP) is 3.22. The van der Waals surface area contributed by atoms with Crippen LogP contribution >= 0.6 is 0 Å². The number of anilines is 1. The lowest BCUT2D eigenvalue weighted by Gasteiger charge is -2.33. The molecule has 32 heavy (non-hydrogen) atoms. The molecule has 1 saturated carbocycles. The Morgan fingerprint density at radius 2 is 2.00 bits per heavy atom. The summed E-state index contributed by atoms with van der Waals surface area (Å²) in [5.74, 6) is 0.959. The molecule has 2 N–H and O–H groups in total. The van der Waals surface area contributed by atoms with Crippen LogP contribution in [0.4, 0.5) is 14.7 Å². The standard InChI is InChI=1S/C21H24F2N8O/c1-12-26-18-19(30(12)11-17(22)23)28-15(9-24-18)14-5-8-31-16(14)10-25-20(29-31)27-13-3-6-21(2,32)7-4-13/h5,8-10,13,17,32H,3-4,6-7,11H2,1-2H3,(H,27,29)/t13-,21+. The molecule has 1 aliphatic rings. The maximum Gasteiger partial charge on any atom is 0.256 e. The first kappa shape index (κ1) is 20.7. The van der Waals surface area contributed by atoms with Crippen LogP contribution in [-0.2, 0) is 6.54 Å². The SMILES string of the molecule is Cc1nc2ncc(-c3ccn4nc(N[C@H]5CC[C@@](C)(O)CC5)ncc34)nc2n1CC(F)F. The summed E-state index contributed by atoms with van der Waals surface area (Å²) in [4.78, 5) is 17.6. The van der Waals surface area contributed by atoms with Crippen molar-refractivity contribution < 1.29 is 13.9 Å². The van der Waals surface area contributed by atoms with Gasteiger partial charge in [0.15, 0.2) is 11.3 Å². The molecule has 1 aliphatic carbocycles. The fraction of sp³-hybridized carbons (Fsp3) is 0.476. The largest absolute Gasteiger partial charge is 0.390 e. The van der Waals surface area contributed by atoms with Crippen LogP contribution in [0, 0.1) is 6.92 Å². The fourth-order valence-electron chi connectivity index (χ4n) is 4.24. The Morgan fingerprint density at radius 3 is 2.75 bits per heavy atom. The molecular formula is C21H24F2N8O. The van der Waals surface area contributed by atoms with Crippen LogP contribution < -0.4 is 5.32 Å². The zero-order chi connectivity index (χ0) is 22.5. The minimum absolute atomic E-state index is 0.217. The molecule has 4 aromatic rings. The molecule has 0 aliphatic heterocycles. The summed E-state index contributed by atoms with van der Waals surface area (Å²) >= 11 is 0. The highest BCUT2D eigenvalue weighted by molar-refractivity contribution is 5.80. The lowest BCUT2D eigenvalue weighted by atomic mass is 9.84. The highest BCUT2D eigenvalue weighted by Crippen LogP contribution is 2.29. The van der Waals surface area contributed by atoms with Gasteiger partial charge in [-0.2, -0.15) is 0 Å². The summed E-state index contributed by atoms with van der Waals surface area (Å²) in [6, 6.07) is 2.07. The number of fused-ring (bicyclic) bond motifs is 2. The first-order valence-corrected chi connectivity index (χ1v) is 10.6. The number of halogens is 2. The van der Waals surface area contributed by atoms with Gasteiger partial charge in [0, 0.05) is 17.8 Å². The van der Waals surface area contributed by atoms with E-state index in [0.29, 0.717) is 28.8 Å². The predicted molar refractivity (Wildman–Crippen MR) is 115 cm³/mol. The van der Waals surface area contributed by atoms with Gasteiger partial charge in [-0.05, 0) is 45.6 Å². The molecule has 1 fully saturated rings. The van der Waals surface area contributed by atoms with E-state index in [4.69, 9.17) is 0 Å². The van der Waals surface area contributed by atoms with Crippen molar-refractivity contribution in [3.05, 3.63) is 30.5 Å². The molecule has 5 rings (SSSR count). The van der Waals surface area contributed by atoms with Gasteiger partial charge in [-0.1, -0.05) is 0 Å². The van der Waals surface area contributed by atoms with Gasteiger partial charge in [-0.15, -0.1) is 5.10 Å². The van der Waals surface area contributed by atoms with Crippen molar-refractivity contribution in [2.24, 2.45) is 0 Å². The zero-order valence-electron chi connectivity index (χ0n) is 17.8. The van der Waals surface area contributed by atoms with Gasteiger partial charge < -0.3 is 15.0 Å². The van der Waals surface area contributed by atoms with Gasteiger partial charge in [0.1, 0.15) is 5.82 Å². The normalized spacial score (nSPS) is 21.6. The number of hydrogen-bond acceptors (Lipinski definition) is 7. The van der Waals surface area contributed by atoms with Crippen LogP contribution in [-0.4, -0.2) is 57.3 Å². The number of hydrogen-bond donors (Lipinski definition) is 2. The van der Waals surface area contributed by atoms with Crippen molar-refractivity contribution in [1.29, 1.82) is 0 Å². The Labute approximate surface area is 182 Å². The average molecular weight is 442 g/mol. The number of aromatic nitrogens is 7. The van der Waals surface area contributed by atoms with Gasteiger partial charge in [0.05, 0.1) is 35.8 Å². The number of rotatable bonds is 5. The maximum atomic E-state index is 13.0. The maximum absolute atomic E-state index is 13.0. The Morgan fingerprint density at radius 1 is 1.22 bits per heavy atom. The quantitative estimate of drug-likeness (QED) is 0.489. The third kappa shape index (κ3) is 3.88. The number of nitrogens with zero attached hydrogens (tertiary/aromatic N) is 7. The van der Waals surface area contributed by atoms with E-state index in [2.05, 4.69) is 30.4 Å². The molecular weight excluding hydrogens is 418 g/mol. The smallest absolute Gasteiger partial charge is 0.256 e. The van der Waals surface area contributed by atoms with Crippen molar-refractivity contribution in [2.45, 2.75) is 64.1 Å². The van der Waals surface area contributed by atoms with Gasteiger partial charge in [-0.25, -0.2) is 33.2 Å². The van der Waals surface area contributed by atoms with E-state index in [1.807, 2.05) is 13.0 Å². The van der Waals surface area contributed by atoms with E-state index < -0.39 is 18.6 Å². The Balaban J connectivity index is 1.43. The number of aryl methyl sites for hydroxylation is 1. The molecule has 0 bridgehead atoms. The second-order valence-electron chi connectivity index (χ2n) is 8.62. The van der Waals surface area contributed by atoms with E-state index in [0.717, 1.165) is 36.8 Å². The van der Waals surface area contributed by atoms with Crippen LogP contribution in [0.5, 0.6) is 0 Å². The number of aliphatic hydroxyl groups is 1. The zero-order valence-corrected chi connectivity index (χ0v) is 17.8. The number of nitrogens with one attached hydrogen (secondary N) is 1. The molecule has 168 valence electrons. The Hall–Kier alpha value is -3.21. The number of alkyl halides is 2. The van der Waals surface area contributed by atoms with Crippen LogP contribution in [0.15, 0.2) is 24.7 Å². The van der Waals surface area contributed by atoms with Gasteiger partial charge >= 0.3 is 0 Å². The number of imidazole rings is 1. The van der Waals surface area contributed by atoms with Gasteiger partial charge in [0.25, 0.3) is 6.43 Å². The van der Waals surface area contributed by atoms with Gasteiger partial charge in [-0.3, -0.25) is 0 Å². The summed E-state index contributed by atoms with van der Waals surface area (Å²) in [7, 11) is 0. The molecule has 0 amide bonds. The third-order valence-corrected chi connectivity index (χ3v) is 6.06. The molecule has 9 nitrogen and oxygen atoms in total. The highest BCUT2D eigenvalue weighted by Gasteiger charge is 2.29. The molecule has 11 heteroatoms. The lowest BCUT2D eigenvalue weighted by Crippen LogP contribution is -2.36. The van der Waals surface area contributed by atoms with Crippen LogP contribution in [0.2, 0.25) is 0 Å². The second kappa shape index (κ2) is 7.73. The molecule has 4 heterocycles. The summed E-state index contributed by atoms with van der Waals surface area (Å²) < 4.78 is 29.1. The molecule has 4 aromatic heterocycles. The minimum atomic E-state index is -2.51. The Kier molecular flexibility index (Phi) is 5.00. The first-order chi connectivity index (χ1) is 15.3. The topological polar surface area (TPSA) is 106 Å². The summed E-state index contributed by atoms with van der Waals surface area (Å²) in [6.45, 7) is 3.05. The van der Waals surface area contributed by atoms with Crippen molar-refractivity contribution in [2.75, 3.05) is 5.32 Å². The molecule has 0 saturated heterocycles. The second-order valence-corrected chi connectivity index (χ2v) is 8.62. The summed E-state index contributed by atoms with van der Waals surface area (Å²) in [5, 5.41) is 18.0. The van der Waals surface area contributed by atoms with Gasteiger partial charge in [0.2, 0.25) is 5.95 Å². The van der Waals surface area contributed by atoms with E-state index in [1.165, 1.54) is 4.57 Å². The van der Waals surface area contributed by atoms with E-state index in [-0.39, 0.29) is 6.04 Å². The lowest BCUT2D eigenvalue weighted by molar-refractivity contribution is 0.0195.